The minimum Gasteiger partial charge on any atom is -0.342 e. The first-order chi connectivity index (χ1) is 14.6. The second-order valence-electron chi connectivity index (χ2n) is 9.06. The molecule has 3 aliphatic heterocycles. The number of hydrogen-bond acceptors (Lipinski definition) is 3. The Morgan fingerprint density at radius 2 is 1.70 bits per heavy atom. The molecule has 1 unspecified atom stereocenters. The SMILES string of the molecule is O=C1CCCCCN1CCC(=O)N1CCC2(CCN(CCc3ccccc3)C2=O)C1. The molecule has 30 heavy (non-hydrogen) atoms. The van der Waals surface area contributed by atoms with Gasteiger partial charge in [-0.3, -0.25) is 14.4 Å². The Hall–Kier alpha value is -2.37. The second kappa shape index (κ2) is 9.19. The van der Waals surface area contributed by atoms with Gasteiger partial charge in [0, 0.05) is 52.1 Å². The van der Waals surface area contributed by atoms with E-state index in [0.29, 0.717) is 32.5 Å². The largest absolute Gasteiger partial charge is 0.342 e. The number of benzene rings is 1. The summed E-state index contributed by atoms with van der Waals surface area (Å²) in [5.41, 5.74) is 0.864. The molecule has 1 atom stereocenters. The fourth-order valence-electron chi connectivity index (χ4n) is 5.14. The van der Waals surface area contributed by atoms with Crippen molar-refractivity contribution in [2.45, 2.75) is 51.4 Å². The van der Waals surface area contributed by atoms with Crippen LogP contribution in [0.25, 0.3) is 0 Å². The molecule has 0 bridgehead atoms. The fraction of sp³-hybridized carbons (Fsp3) is 0.625. The topological polar surface area (TPSA) is 60.9 Å². The Kier molecular flexibility index (Phi) is 6.40. The predicted octanol–water partition coefficient (Wildman–Crippen LogP) is 2.47. The molecule has 6 heteroatoms. The molecule has 1 spiro atoms. The third kappa shape index (κ3) is 4.52. The molecule has 0 radical (unpaired) electrons. The molecule has 3 heterocycles. The summed E-state index contributed by atoms with van der Waals surface area (Å²) in [5.74, 6) is 0.481. The minimum atomic E-state index is -0.384. The first-order valence-electron chi connectivity index (χ1n) is 11.5. The summed E-state index contributed by atoms with van der Waals surface area (Å²) in [4.78, 5) is 43.8. The molecule has 3 aliphatic rings. The van der Waals surface area contributed by atoms with E-state index in [1.165, 1.54) is 5.56 Å². The smallest absolute Gasteiger partial charge is 0.230 e. The van der Waals surface area contributed by atoms with Gasteiger partial charge in [0.15, 0.2) is 0 Å². The van der Waals surface area contributed by atoms with E-state index in [4.69, 9.17) is 0 Å². The molecule has 0 aliphatic carbocycles. The van der Waals surface area contributed by atoms with Crippen molar-refractivity contribution in [3.63, 3.8) is 0 Å². The van der Waals surface area contributed by atoms with Gasteiger partial charge in [0.1, 0.15) is 0 Å². The van der Waals surface area contributed by atoms with E-state index in [-0.39, 0.29) is 23.1 Å². The summed E-state index contributed by atoms with van der Waals surface area (Å²) in [7, 11) is 0. The highest BCUT2D eigenvalue weighted by Crippen LogP contribution is 2.40. The highest BCUT2D eigenvalue weighted by molar-refractivity contribution is 5.87. The lowest BCUT2D eigenvalue weighted by Crippen LogP contribution is -2.40. The number of carbonyl (C=O) groups is 3. The first kappa shape index (κ1) is 20.9. The highest BCUT2D eigenvalue weighted by Gasteiger charge is 2.51. The number of likely N-dealkylation sites (tertiary alicyclic amines) is 3. The Morgan fingerprint density at radius 3 is 2.53 bits per heavy atom. The monoisotopic (exact) mass is 411 g/mol. The molecule has 3 fully saturated rings. The summed E-state index contributed by atoms with van der Waals surface area (Å²) < 4.78 is 0. The van der Waals surface area contributed by atoms with Crippen molar-refractivity contribution in [3.05, 3.63) is 35.9 Å². The molecule has 3 amide bonds. The van der Waals surface area contributed by atoms with Gasteiger partial charge in [-0.1, -0.05) is 36.8 Å². The maximum Gasteiger partial charge on any atom is 0.230 e. The van der Waals surface area contributed by atoms with Crippen LogP contribution in [0, 0.1) is 5.41 Å². The van der Waals surface area contributed by atoms with Crippen LogP contribution in [0.2, 0.25) is 0 Å². The first-order valence-corrected chi connectivity index (χ1v) is 11.5. The van der Waals surface area contributed by atoms with Gasteiger partial charge in [-0.2, -0.15) is 0 Å². The van der Waals surface area contributed by atoms with Crippen LogP contribution in [0.1, 0.15) is 50.5 Å². The quantitative estimate of drug-likeness (QED) is 0.723. The summed E-state index contributed by atoms with van der Waals surface area (Å²) in [6.07, 6.45) is 6.53. The molecule has 3 saturated heterocycles. The summed E-state index contributed by atoms with van der Waals surface area (Å²) in [6, 6.07) is 10.3. The van der Waals surface area contributed by atoms with Gasteiger partial charge in [0.25, 0.3) is 0 Å². The lowest BCUT2D eigenvalue weighted by atomic mass is 9.85. The third-order valence-electron chi connectivity index (χ3n) is 7.09. The van der Waals surface area contributed by atoms with Gasteiger partial charge >= 0.3 is 0 Å². The van der Waals surface area contributed by atoms with E-state index in [2.05, 4.69) is 12.1 Å². The van der Waals surface area contributed by atoms with Crippen LogP contribution >= 0.6 is 0 Å². The lowest BCUT2D eigenvalue weighted by molar-refractivity contribution is -0.136. The number of rotatable bonds is 6. The zero-order chi connectivity index (χ0) is 21.0. The summed E-state index contributed by atoms with van der Waals surface area (Å²) >= 11 is 0. The van der Waals surface area contributed by atoms with Gasteiger partial charge in [0.2, 0.25) is 17.7 Å². The normalized spacial score (nSPS) is 24.7. The fourth-order valence-corrected chi connectivity index (χ4v) is 5.14. The van der Waals surface area contributed by atoms with Crippen molar-refractivity contribution in [2.75, 3.05) is 39.3 Å². The Bertz CT molecular complexity index is 781. The molecule has 162 valence electrons. The van der Waals surface area contributed by atoms with E-state index in [0.717, 1.165) is 58.2 Å². The molecule has 4 rings (SSSR count). The number of amides is 3. The van der Waals surface area contributed by atoms with Gasteiger partial charge in [-0.15, -0.1) is 0 Å². The average Bonchev–Trinajstić information content (AvgIpc) is 3.26. The van der Waals surface area contributed by atoms with Gasteiger partial charge in [-0.05, 0) is 37.7 Å². The van der Waals surface area contributed by atoms with Crippen molar-refractivity contribution in [1.29, 1.82) is 0 Å². The molecule has 0 N–H and O–H groups in total. The van der Waals surface area contributed by atoms with Gasteiger partial charge in [-0.25, -0.2) is 0 Å². The van der Waals surface area contributed by atoms with Crippen LogP contribution in [0.15, 0.2) is 30.3 Å². The van der Waals surface area contributed by atoms with Crippen LogP contribution in [0.5, 0.6) is 0 Å². The molecule has 0 aromatic heterocycles. The van der Waals surface area contributed by atoms with E-state index in [9.17, 15) is 14.4 Å². The van der Waals surface area contributed by atoms with Crippen LogP contribution in [0.3, 0.4) is 0 Å². The minimum absolute atomic E-state index is 0.0828. The molecule has 0 saturated carbocycles. The maximum atomic E-state index is 13.1. The zero-order valence-corrected chi connectivity index (χ0v) is 17.9. The van der Waals surface area contributed by atoms with Crippen molar-refractivity contribution in [1.82, 2.24) is 14.7 Å². The van der Waals surface area contributed by atoms with Crippen molar-refractivity contribution < 1.29 is 14.4 Å². The van der Waals surface area contributed by atoms with Crippen molar-refractivity contribution in [2.24, 2.45) is 5.41 Å². The Morgan fingerprint density at radius 1 is 0.900 bits per heavy atom. The highest BCUT2D eigenvalue weighted by atomic mass is 16.2. The zero-order valence-electron chi connectivity index (χ0n) is 17.9. The van der Waals surface area contributed by atoms with E-state index in [1.807, 2.05) is 32.9 Å². The summed E-state index contributed by atoms with van der Waals surface area (Å²) in [5, 5.41) is 0. The molecular formula is C24H33N3O3. The molecule has 1 aromatic carbocycles. The van der Waals surface area contributed by atoms with Gasteiger partial charge in [0.05, 0.1) is 5.41 Å². The molecule has 1 aromatic rings. The Labute approximate surface area is 179 Å². The van der Waals surface area contributed by atoms with Crippen molar-refractivity contribution >= 4 is 17.7 Å². The predicted molar refractivity (Wildman–Crippen MR) is 115 cm³/mol. The maximum absolute atomic E-state index is 13.1. The van der Waals surface area contributed by atoms with E-state index in [1.54, 1.807) is 0 Å². The average molecular weight is 412 g/mol. The van der Waals surface area contributed by atoms with Crippen LogP contribution in [-0.4, -0.2) is 71.7 Å². The van der Waals surface area contributed by atoms with Crippen LogP contribution in [0.4, 0.5) is 0 Å². The number of hydrogen-bond donors (Lipinski definition) is 0. The molecule has 6 nitrogen and oxygen atoms in total. The van der Waals surface area contributed by atoms with Gasteiger partial charge < -0.3 is 14.7 Å². The third-order valence-corrected chi connectivity index (χ3v) is 7.09. The number of carbonyl (C=O) groups excluding carboxylic acids is 3. The number of nitrogens with zero attached hydrogens (tertiary/aromatic N) is 3. The van der Waals surface area contributed by atoms with Crippen molar-refractivity contribution in [3.8, 4) is 0 Å². The molecular weight excluding hydrogens is 378 g/mol. The summed E-state index contributed by atoms with van der Waals surface area (Å²) in [6.45, 7) is 4.01. The second-order valence-corrected chi connectivity index (χ2v) is 9.06. The lowest BCUT2D eigenvalue weighted by Gasteiger charge is -2.25. The van der Waals surface area contributed by atoms with Crippen LogP contribution < -0.4 is 0 Å². The van der Waals surface area contributed by atoms with Crippen LogP contribution in [-0.2, 0) is 20.8 Å². The van der Waals surface area contributed by atoms with E-state index < -0.39 is 0 Å². The van der Waals surface area contributed by atoms with E-state index >= 15 is 0 Å². The standard InChI is InChI=1S/C24H33N3O3/c28-21-9-5-2-6-14-25(21)16-11-22(29)27-18-13-24(19-27)12-17-26(23(24)30)15-10-20-7-3-1-4-8-20/h1,3-4,7-8H,2,5-6,9-19H2. The Balaban J connectivity index is 1.27.